The van der Waals surface area contributed by atoms with Gasteiger partial charge in [0.25, 0.3) is 0 Å². The van der Waals surface area contributed by atoms with Crippen LogP contribution < -0.4 is 9.47 Å². The molecule has 8 bridgehead atoms. The summed E-state index contributed by atoms with van der Waals surface area (Å²) in [6, 6.07) is 2.94. The van der Waals surface area contributed by atoms with E-state index in [0.717, 1.165) is 0 Å². The van der Waals surface area contributed by atoms with Gasteiger partial charge in [0.05, 0.1) is 33.4 Å². The van der Waals surface area contributed by atoms with Gasteiger partial charge < -0.3 is 179 Å². The molecule has 5 heterocycles. The molecule has 0 aromatic heterocycles. The molecule has 0 spiro atoms. The number of cyclic esters (lactones) is 2. The van der Waals surface area contributed by atoms with Crippen molar-refractivity contribution in [1.82, 2.24) is 0 Å². The van der Waals surface area contributed by atoms with Crippen molar-refractivity contribution >= 4 is 47.8 Å². The molecule has 24 N–H and O–H groups in total. The lowest BCUT2D eigenvalue weighted by molar-refractivity contribution is -0.284. The number of hydrogen-bond acceptors (Lipinski definition) is 44. The summed E-state index contributed by atoms with van der Waals surface area (Å²) in [4.78, 5) is 119. The molecule has 2 fully saturated rings. The average molecular weight is 1570 g/mol. The number of aliphatic hydroxyl groups excluding tert-OH is 2. The minimum atomic E-state index is -2.94. The van der Waals surface area contributed by atoms with E-state index in [1.165, 1.54) is 0 Å². The lowest BCUT2D eigenvalue weighted by Gasteiger charge is -2.43. The smallest absolute Gasteiger partial charge is 0.342 e. The quantitative estimate of drug-likeness (QED) is 0.0682. The van der Waals surface area contributed by atoms with E-state index in [2.05, 4.69) is 0 Å². The molecule has 0 aliphatic carbocycles. The first kappa shape index (κ1) is 74.8. The summed E-state index contributed by atoms with van der Waals surface area (Å²) in [7, 11) is 0. The Labute approximate surface area is 615 Å². The fraction of sp³-hybridized carbons (Fsp3) is 0.176. The monoisotopic (exact) mass is 1570 g/mol. The van der Waals surface area contributed by atoms with Gasteiger partial charge in [0.15, 0.2) is 153 Å². The van der Waals surface area contributed by atoms with Crippen molar-refractivity contribution < 1.29 is 218 Å². The van der Waals surface area contributed by atoms with Crippen molar-refractivity contribution in [3.63, 3.8) is 0 Å². The second kappa shape index (κ2) is 27.4. The molecule has 0 radical (unpaired) electrons. The molecule has 2 saturated heterocycles. The van der Waals surface area contributed by atoms with Gasteiger partial charge in [-0.3, -0.25) is 0 Å². The number of carbonyl (C=O) groups excluding carboxylic acids is 8. The van der Waals surface area contributed by atoms with Crippen molar-refractivity contribution in [2.45, 2.75) is 61.4 Å². The molecule has 44 nitrogen and oxygen atoms in total. The van der Waals surface area contributed by atoms with Crippen molar-refractivity contribution in [2.75, 3.05) is 13.2 Å². The Bertz CT molecular complexity index is 5090. The number of fused-ring (bicyclic) bond motifs is 12. The van der Waals surface area contributed by atoms with Crippen molar-refractivity contribution in [3.8, 4) is 172 Å². The number of aromatic hydroxyl groups is 22. The maximum absolute atomic E-state index is 15.5. The van der Waals surface area contributed by atoms with Crippen LogP contribution >= 0.6 is 0 Å². The van der Waals surface area contributed by atoms with Crippen LogP contribution in [0.2, 0.25) is 0 Å². The van der Waals surface area contributed by atoms with E-state index in [1.54, 1.807) is 0 Å². The highest BCUT2D eigenvalue weighted by atomic mass is 16.7. The van der Waals surface area contributed by atoms with Crippen LogP contribution in [0, 0.1) is 0 Å². The topological polar surface area (TPSA) is 733 Å². The number of hydrogen-bond donors (Lipinski definition) is 24. The second-order valence-corrected chi connectivity index (χ2v) is 24.4. The summed E-state index contributed by atoms with van der Waals surface area (Å²) in [5.74, 6) is -56.8. The van der Waals surface area contributed by atoms with E-state index in [4.69, 9.17) is 56.8 Å². The highest BCUT2D eigenvalue weighted by Gasteiger charge is 2.56. The summed E-state index contributed by atoms with van der Waals surface area (Å²) < 4.78 is 67.7. The standard InChI is InChI=1S/C68H48O44/c69-21-1-13(2-22(70)37(21)77)59(91)109-55-53-31-11-101-61(93)15-5-25(73)39(79)45(85)33(15)35-17(63(95)107-53)9-29(43(83)47(35)87)104-52-20(8-28(76)42(82)50(52)90)66(98)112-58-56(110-60(92)14-3-23(71)38(78)24(72)4-14)54-32(106-68(58)100)12-102-62(94)16-6-26(74)40(80)46(86)34(16)36-18(64(96)108-54)10-30(44(84)48(36)88)103-51-19(7-27(75)41(81)49(51)89)65(97)111-57(55)67(99)105-31/h1-10,31-32,53-58,67-90,99-100H,11-12H2/t31-,32+,53-,54+,55+,56-,57-,58+,67?,68?. The van der Waals surface area contributed by atoms with Gasteiger partial charge in [0, 0.05) is 46.5 Å². The Balaban J connectivity index is 1.08. The van der Waals surface area contributed by atoms with Crippen molar-refractivity contribution in [1.29, 1.82) is 0 Å². The van der Waals surface area contributed by atoms with Gasteiger partial charge in [-0.05, 0) is 36.4 Å². The van der Waals surface area contributed by atoms with Crippen LogP contribution in [0.4, 0.5) is 0 Å². The number of rotatable bonds is 4. The molecule has 8 aromatic rings. The predicted octanol–water partition coefficient (Wildman–Crippen LogP) is 2.17. The summed E-state index contributed by atoms with van der Waals surface area (Å²) in [6.07, 6.45) is -27.8. The van der Waals surface area contributed by atoms with E-state index < -0.39 is 339 Å². The number of carbonyl (C=O) groups is 8. The highest BCUT2D eigenvalue weighted by Crippen LogP contribution is 2.59. The number of ether oxygens (including phenoxy) is 12. The van der Waals surface area contributed by atoms with E-state index in [9.17, 15) is 142 Å². The number of aliphatic hydroxyl groups is 2. The molecule has 44 heteroatoms. The number of phenolic OH excluding ortho intramolecular Hbond substituents is 22. The van der Waals surface area contributed by atoms with Crippen molar-refractivity contribution in [2.24, 2.45) is 0 Å². The van der Waals surface area contributed by atoms with Crippen LogP contribution in [-0.2, 0) is 47.4 Å². The minimum absolute atomic E-state index is 0.146. The zero-order valence-corrected chi connectivity index (χ0v) is 54.9. The third kappa shape index (κ3) is 12.4. The van der Waals surface area contributed by atoms with E-state index in [0.29, 0.717) is 36.4 Å². The van der Waals surface area contributed by atoms with E-state index >= 15 is 19.2 Å². The van der Waals surface area contributed by atoms with Crippen LogP contribution in [0.1, 0.15) is 82.9 Å². The Morgan fingerprint density at radius 1 is 0.295 bits per heavy atom. The minimum Gasteiger partial charge on any atom is -0.504 e. The van der Waals surface area contributed by atoms with Gasteiger partial charge in [-0.2, -0.15) is 0 Å². The summed E-state index contributed by atoms with van der Waals surface area (Å²) in [5, 5.41) is 269. The zero-order chi connectivity index (χ0) is 81.3. The molecular formula is C68H48O44. The first-order chi connectivity index (χ1) is 52.8. The van der Waals surface area contributed by atoms with Gasteiger partial charge in [-0.15, -0.1) is 0 Å². The molecule has 0 saturated carbocycles. The predicted molar refractivity (Wildman–Crippen MR) is 344 cm³/mol. The molecule has 13 rings (SSSR count). The zero-order valence-electron chi connectivity index (χ0n) is 54.9. The summed E-state index contributed by atoms with van der Waals surface area (Å²) in [5.41, 5.74) is -16.0. The summed E-state index contributed by atoms with van der Waals surface area (Å²) in [6.45, 7) is -2.92. The van der Waals surface area contributed by atoms with Crippen molar-refractivity contribution in [3.05, 3.63) is 105 Å². The van der Waals surface area contributed by atoms with Gasteiger partial charge in [-0.25, -0.2) is 38.4 Å². The molecule has 8 aromatic carbocycles. The van der Waals surface area contributed by atoms with E-state index in [1.807, 2.05) is 0 Å². The molecule has 584 valence electrons. The third-order valence-electron chi connectivity index (χ3n) is 17.7. The number of esters is 8. The molecule has 0 amide bonds. The fourth-order valence-electron chi connectivity index (χ4n) is 12.3. The third-order valence-corrected chi connectivity index (χ3v) is 17.7. The summed E-state index contributed by atoms with van der Waals surface area (Å²) >= 11 is 0. The molecule has 2 unspecified atom stereocenters. The normalized spacial score (nSPS) is 21.4. The van der Waals surface area contributed by atoms with Crippen LogP contribution in [0.25, 0.3) is 22.3 Å². The highest BCUT2D eigenvalue weighted by molar-refractivity contribution is 6.10. The molecule has 112 heavy (non-hydrogen) atoms. The Morgan fingerprint density at radius 3 is 0.875 bits per heavy atom. The van der Waals surface area contributed by atoms with E-state index in [-0.39, 0.29) is 24.3 Å². The van der Waals surface area contributed by atoms with Gasteiger partial charge >= 0.3 is 47.8 Å². The number of phenols is 22. The van der Waals surface area contributed by atoms with Gasteiger partial charge in [-0.1, -0.05) is 0 Å². The first-order valence-corrected chi connectivity index (χ1v) is 31.2. The number of benzene rings is 8. The average Bonchev–Trinajstić information content (AvgIpc) is 1.09. The Hall–Kier alpha value is -15.4. The van der Waals surface area contributed by atoms with Gasteiger partial charge in [0.2, 0.25) is 46.0 Å². The first-order valence-electron chi connectivity index (χ1n) is 31.2. The maximum Gasteiger partial charge on any atom is 0.342 e. The molecular weight excluding hydrogens is 1520 g/mol. The maximum atomic E-state index is 15.5. The largest absolute Gasteiger partial charge is 0.504 e. The molecule has 10 atom stereocenters. The Morgan fingerprint density at radius 2 is 0.554 bits per heavy atom. The van der Waals surface area contributed by atoms with Crippen LogP contribution in [-0.4, -0.2) is 245 Å². The second-order valence-electron chi connectivity index (χ2n) is 24.4. The van der Waals surface area contributed by atoms with Crippen LogP contribution in [0.5, 0.6) is 149 Å². The SMILES string of the molecule is O=C(O[C@@H]1[C@H]2OC(=O)c3cc4c(O)c(O)c3-c3c(cc(O)c(O)c3O)C(=O)OC[C@@H]2OC(O)[C@H]1OC(=O)c1cc(O)c(O)c(O)c1Oc1cc2c(c(O)c1O)-c1c(cc(O)c(O)c1O)C(=O)OC[C@H]1OC(O)[C@H](OC(=O)c3cc(O)c(O)c(O)c3O4)[C@@H](OC(=O)c3cc(O)c(O)c(O)c3)[C@@H]1OC2=O)c1cc(O)c(O)c(O)c1. The fourth-order valence-corrected chi connectivity index (χ4v) is 12.3. The molecule has 5 aliphatic heterocycles. The molecule has 5 aliphatic rings. The van der Waals surface area contributed by atoms with Crippen LogP contribution in [0.15, 0.2) is 60.7 Å². The lowest BCUT2D eigenvalue weighted by Crippen LogP contribution is -2.62. The van der Waals surface area contributed by atoms with Crippen LogP contribution in [0.3, 0.4) is 0 Å². The van der Waals surface area contributed by atoms with Gasteiger partial charge in [0.1, 0.15) is 36.5 Å². The Kier molecular flexibility index (Phi) is 18.3. The lowest BCUT2D eigenvalue weighted by atomic mass is 9.91.